The fourth-order valence-electron chi connectivity index (χ4n) is 6.40. The Morgan fingerprint density at radius 3 is 2.34 bits per heavy atom. The molecule has 0 saturated heterocycles. The average molecular weight is 568 g/mol. The van der Waals surface area contributed by atoms with Gasteiger partial charge in [0.15, 0.2) is 0 Å². The van der Waals surface area contributed by atoms with Crippen LogP contribution in [-0.4, -0.2) is 23.9 Å². The quantitative estimate of drug-likeness (QED) is 0.199. The smallest absolute Gasteiger partial charge is 0.146 e. The molecule has 0 aliphatic rings. The van der Waals surface area contributed by atoms with Gasteiger partial charge >= 0.3 is 0 Å². The van der Waals surface area contributed by atoms with Gasteiger partial charge in [0, 0.05) is 51.8 Å². The van der Waals surface area contributed by atoms with E-state index >= 15 is 0 Å². The maximum atomic E-state index is 6.53. The fraction of sp³-hybridized carbons (Fsp3) is 0.0263. The maximum Gasteiger partial charge on any atom is 0.146 e. The van der Waals surface area contributed by atoms with Crippen molar-refractivity contribution in [2.75, 3.05) is 0 Å². The number of hydrogen-bond acceptors (Lipinski definition) is 4. The van der Waals surface area contributed by atoms with E-state index in [4.69, 9.17) is 19.7 Å². The summed E-state index contributed by atoms with van der Waals surface area (Å²) in [6.45, 7) is 2.12. The summed E-state index contributed by atoms with van der Waals surface area (Å²) in [6.07, 6.45) is 5.79. The van der Waals surface area contributed by atoms with E-state index in [0.717, 1.165) is 72.4 Å². The Bertz CT molecular complexity index is 2510. The van der Waals surface area contributed by atoms with E-state index in [-0.39, 0.29) is 0 Å². The summed E-state index contributed by atoms with van der Waals surface area (Å²) in [4.78, 5) is 14.6. The lowest BCUT2D eigenvalue weighted by molar-refractivity contribution is 0.483. The third-order valence-corrected chi connectivity index (χ3v) is 8.41. The number of ether oxygens (including phenoxy) is 1. The highest BCUT2D eigenvalue weighted by molar-refractivity contribution is 6.11. The van der Waals surface area contributed by atoms with Crippen LogP contribution in [0.5, 0.6) is 11.5 Å². The van der Waals surface area contributed by atoms with Crippen LogP contribution >= 0.6 is 0 Å². The molecule has 6 nitrogen and oxygen atoms in total. The topological polar surface area (TPSA) is 57.2 Å². The molecule has 5 aromatic heterocycles. The minimum atomic E-state index is 0.729. The molecule has 0 N–H and O–H groups in total. The van der Waals surface area contributed by atoms with E-state index in [1.54, 1.807) is 0 Å². The molecule has 0 aliphatic carbocycles. The number of hydrogen-bond donors (Lipinski definition) is 0. The van der Waals surface area contributed by atoms with Crippen LogP contribution in [-0.2, 0) is 0 Å². The first kappa shape index (κ1) is 24.6. The summed E-state index contributed by atoms with van der Waals surface area (Å²) in [5.41, 5.74) is 9.06. The molecule has 208 valence electrons. The van der Waals surface area contributed by atoms with Gasteiger partial charge in [-0.2, -0.15) is 0 Å². The van der Waals surface area contributed by atoms with Crippen molar-refractivity contribution in [3.8, 4) is 28.4 Å². The van der Waals surface area contributed by atoms with Gasteiger partial charge in [-0.3, -0.25) is 14.0 Å². The standard InChI is InChI=1S/C38H25N5O/c1-24-9-2-3-12-28(24)33-23-42-35-16-8-19-39-36(35)30-18-17-27(22-32(30)38(42)41-33)44-26-11-6-10-25(21-26)43-34-15-5-4-13-29(34)31-14-7-20-40-37(31)43/h2-23H,1H3. The SMILES string of the molecule is Cc1ccccc1-c1cn2c3cccnc3c3ccc(Oc4cccc(-n5c6ccccc6c6cccnc65)c4)cc3c2n1. The summed E-state index contributed by atoms with van der Waals surface area (Å²) in [7, 11) is 0. The van der Waals surface area contributed by atoms with Gasteiger partial charge in [0.25, 0.3) is 0 Å². The van der Waals surface area contributed by atoms with Crippen LogP contribution in [0.2, 0.25) is 0 Å². The van der Waals surface area contributed by atoms with E-state index in [2.05, 4.69) is 107 Å². The zero-order valence-electron chi connectivity index (χ0n) is 23.8. The van der Waals surface area contributed by atoms with Crippen LogP contribution in [0.4, 0.5) is 0 Å². The predicted octanol–water partition coefficient (Wildman–Crippen LogP) is 9.30. The molecule has 0 aliphatic heterocycles. The monoisotopic (exact) mass is 567 g/mol. The van der Waals surface area contributed by atoms with Gasteiger partial charge in [0.1, 0.15) is 22.8 Å². The van der Waals surface area contributed by atoms with E-state index < -0.39 is 0 Å². The lowest BCUT2D eigenvalue weighted by atomic mass is 10.1. The van der Waals surface area contributed by atoms with Crippen molar-refractivity contribution in [1.29, 1.82) is 0 Å². The summed E-state index contributed by atoms with van der Waals surface area (Å²) in [5, 5.41) is 4.31. The predicted molar refractivity (Wildman–Crippen MR) is 177 cm³/mol. The molecule has 0 amide bonds. The molecule has 0 bridgehead atoms. The summed E-state index contributed by atoms with van der Waals surface area (Å²) < 4.78 is 10.9. The first-order valence-corrected chi connectivity index (χ1v) is 14.6. The number of fused-ring (bicyclic) bond motifs is 9. The second-order valence-electron chi connectivity index (χ2n) is 11.0. The van der Waals surface area contributed by atoms with Gasteiger partial charge in [-0.1, -0.05) is 48.5 Å². The third kappa shape index (κ3) is 3.71. The fourth-order valence-corrected chi connectivity index (χ4v) is 6.40. The summed E-state index contributed by atoms with van der Waals surface area (Å²) in [6, 6.07) is 39.2. The maximum absolute atomic E-state index is 6.53. The summed E-state index contributed by atoms with van der Waals surface area (Å²) >= 11 is 0. The second-order valence-corrected chi connectivity index (χ2v) is 11.0. The molecule has 5 heterocycles. The van der Waals surface area contributed by atoms with E-state index in [0.29, 0.717) is 0 Å². The van der Waals surface area contributed by atoms with Crippen molar-refractivity contribution in [2.24, 2.45) is 0 Å². The number of aromatic nitrogens is 5. The van der Waals surface area contributed by atoms with Crippen molar-refractivity contribution < 1.29 is 4.74 Å². The minimum Gasteiger partial charge on any atom is -0.457 e. The Morgan fingerprint density at radius 1 is 0.591 bits per heavy atom. The van der Waals surface area contributed by atoms with Crippen LogP contribution in [0.3, 0.4) is 0 Å². The van der Waals surface area contributed by atoms with Gasteiger partial charge in [-0.05, 0) is 73.2 Å². The molecule has 4 aromatic carbocycles. The van der Waals surface area contributed by atoms with Crippen molar-refractivity contribution in [1.82, 2.24) is 23.9 Å². The zero-order chi connectivity index (χ0) is 29.2. The van der Waals surface area contributed by atoms with Crippen LogP contribution < -0.4 is 4.74 Å². The molecular weight excluding hydrogens is 542 g/mol. The van der Waals surface area contributed by atoms with Crippen molar-refractivity contribution in [2.45, 2.75) is 6.92 Å². The van der Waals surface area contributed by atoms with Gasteiger partial charge in [-0.25, -0.2) is 9.97 Å². The van der Waals surface area contributed by atoms with Crippen LogP contribution in [0.25, 0.3) is 66.3 Å². The van der Waals surface area contributed by atoms with Crippen molar-refractivity contribution in [3.63, 3.8) is 0 Å². The molecule has 0 atom stereocenters. The number of nitrogens with zero attached hydrogens (tertiary/aromatic N) is 5. The highest BCUT2D eigenvalue weighted by Gasteiger charge is 2.16. The first-order valence-electron chi connectivity index (χ1n) is 14.6. The number of pyridine rings is 3. The molecule has 0 saturated carbocycles. The van der Waals surface area contributed by atoms with Gasteiger partial charge < -0.3 is 4.74 Å². The van der Waals surface area contributed by atoms with Crippen molar-refractivity contribution >= 4 is 49.4 Å². The normalized spacial score (nSPS) is 11.8. The third-order valence-electron chi connectivity index (χ3n) is 8.41. The molecule has 0 radical (unpaired) electrons. The highest BCUT2D eigenvalue weighted by atomic mass is 16.5. The Balaban J connectivity index is 1.19. The van der Waals surface area contributed by atoms with Gasteiger partial charge in [0.05, 0.1) is 27.9 Å². The molecule has 0 spiro atoms. The number of imidazole rings is 1. The molecular formula is C38H25N5O. The Labute approximate surface area is 252 Å². The van der Waals surface area contributed by atoms with E-state index in [1.807, 2.05) is 42.7 Å². The number of aryl methyl sites for hydroxylation is 1. The lowest BCUT2D eigenvalue weighted by Crippen LogP contribution is -1.96. The molecule has 9 aromatic rings. The Morgan fingerprint density at radius 2 is 1.39 bits per heavy atom. The lowest BCUT2D eigenvalue weighted by Gasteiger charge is -2.12. The van der Waals surface area contributed by atoms with Crippen LogP contribution in [0, 0.1) is 6.92 Å². The average Bonchev–Trinajstić information content (AvgIpc) is 3.66. The van der Waals surface area contributed by atoms with E-state index in [1.165, 1.54) is 10.9 Å². The Hall–Kier alpha value is -6.01. The molecule has 6 heteroatoms. The number of para-hydroxylation sites is 1. The van der Waals surface area contributed by atoms with Gasteiger partial charge in [-0.15, -0.1) is 0 Å². The number of rotatable bonds is 4. The minimum absolute atomic E-state index is 0.729. The molecule has 0 fully saturated rings. The summed E-state index contributed by atoms with van der Waals surface area (Å²) in [5.74, 6) is 1.47. The molecule has 9 rings (SSSR count). The van der Waals surface area contributed by atoms with E-state index in [9.17, 15) is 0 Å². The Kier molecular flexibility index (Phi) is 5.31. The molecule has 0 unspecified atom stereocenters. The highest BCUT2D eigenvalue weighted by Crippen LogP contribution is 2.36. The zero-order valence-corrected chi connectivity index (χ0v) is 23.8. The number of benzene rings is 4. The second kappa shape index (κ2) is 9.51. The largest absolute Gasteiger partial charge is 0.457 e. The van der Waals surface area contributed by atoms with Crippen molar-refractivity contribution in [3.05, 3.63) is 139 Å². The van der Waals surface area contributed by atoms with Gasteiger partial charge in [0.2, 0.25) is 0 Å². The van der Waals surface area contributed by atoms with Crippen LogP contribution in [0.1, 0.15) is 5.56 Å². The van der Waals surface area contributed by atoms with Crippen LogP contribution in [0.15, 0.2) is 134 Å². The first-order chi connectivity index (χ1) is 21.7. The molecule has 44 heavy (non-hydrogen) atoms.